The fourth-order valence-electron chi connectivity index (χ4n) is 2.19. The van der Waals surface area contributed by atoms with Gasteiger partial charge in [-0.25, -0.2) is 9.97 Å². The molecule has 0 radical (unpaired) electrons. The molecule has 2 aromatic carbocycles. The van der Waals surface area contributed by atoms with Crippen LogP contribution in [0.15, 0.2) is 53.3 Å². The fraction of sp³-hybridized carbons (Fsp3) is 0.0556. The summed E-state index contributed by atoms with van der Waals surface area (Å²) in [5.74, 6) is 0.488. The molecule has 5 N–H and O–H groups in total. The molecule has 0 bridgehead atoms. The van der Waals surface area contributed by atoms with Gasteiger partial charge in [-0.3, -0.25) is 15.6 Å². The number of nitrogen functional groups attached to an aromatic ring is 1. The standard InChI is InChI=1S/C18H15BrCl2N6O2/c19-11-3-1-2-4-13(11)25-17-16(22)18(24-9-23-17)27-26-15(28)8-29-14-6-5-10(20)7-12(14)21/h1-7,9H,8,22H2,(H,26,28)(H2,23,24,25,27). The van der Waals surface area contributed by atoms with Crippen LogP contribution in [0, 0.1) is 0 Å². The lowest BCUT2D eigenvalue weighted by Crippen LogP contribution is -2.34. The number of rotatable bonds is 7. The van der Waals surface area contributed by atoms with Crippen LogP contribution in [0.4, 0.5) is 23.0 Å². The molecule has 1 aromatic heterocycles. The van der Waals surface area contributed by atoms with Gasteiger partial charge in [0.2, 0.25) is 0 Å². The van der Waals surface area contributed by atoms with Crippen molar-refractivity contribution in [2.24, 2.45) is 0 Å². The molecule has 0 fully saturated rings. The second kappa shape index (κ2) is 9.64. The van der Waals surface area contributed by atoms with Gasteiger partial charge in [0.25, 0.3) is 5.91 Å². The highest BCUT2D eigenvalue weighted by Crippen LogP contribution is 2.29. The van der Waals surface area contributed by atoms with Gasteiger partial charge < -0.3 is 15.8 Å². The van der Waals surface area contributed by atoms with Crippen LogP contribution >= 0.6 is 39.1 Å². The quantitative estimate of drug-likeness (QED) is 0.358. The summed E-state index contributed by atoms with van der Waals surface area (Å²) in [5.41, 5.74) is 12.2. The average Bonchev–Trinajstić information content (AvgIpc) is 2.69. The van der Waals surface area contributed by atoms with E-state index < -0.39 is 5.91 Å². The molecule has 8 nitrogen and oxygen atoms in total. The number of nitrogens with one attached hydrogen (secondary N) is 3. The minimum absolute atomic E-state index is 0.227. The van der Waals surface area contributed by atoms with Crippen LogP contribution in [0.5, 0.6) is 5.75 Å². The van der Waals surface area contributed by atoms with E-state index in [0.717, 1.165) is 10.2 Å². The summed E-state index contributed by atoms with van der Waals surface area (Å²) in [6, 6.07) is 12.2. The van der Waals surface area contributed by atoms with Crippen LogP contribution in [-0.4, -0.2) is 22.5 Å². The highest BCUT2D eigenvalue weighted by molar-refractivity contribution is 9.10. The van der Waals surface area contributed by atoms with E-state index in [-0.39, 0.29) is 18.1 Å². The summed E-state index contributed by atoms with van der Waals surface area (Å²) in [6.45, 7) is -0.276. The zero-order chi connectivity index (χ0) is 20.8. The van der Waals surface area contributed by atoms with E-state index in [9.17, 15) is 4.79 Å². The molecule has 0 aliphatic heterocycles. The van der Waals surface area contributed by atoms with Crippen molar-refractivity contribution in [2.45, 2.75) is 0 Å². The zero-order valence-corrected chi connectivity index (χ0v) is 17.8. The third-order valence-corrected chi connectivity index (χ3v) is 4.81. The maximum Gasteiger partial charge on any atom is 0.276 e. The van der Waals surface area contributed by atoms with E-state index in [0.29, 0.717) is 21.6 Å². The average molecular weight is 498 g/mol. The molecular weight excluding hydrogens is 483 g/mol. The Morgan fingerprint density at radius 2 is 1.90 bits per heavy atom. The largest absolute Gasteiger partial charge is 0.482 e. The number of carbonyl (C=O) groups is 1. The first-order valence-corrected chi connectivity index (χ1v) is 9.73. The molecule has 11 heteroatoms. The Balaban J connectivity index is 1.59. The van der Waals surface area contributed by atoms with Crippen LogP contribution in [0.25, 0.3) is 0 Å². The van der Waals surface area contributed by atoms with E-state index in [4.69, 9.17) is 33.7 Å². The second-order valence-corrected chi connectivity index (χ2v) is 7.32. The minimum atomic E-state index is -0.464. The molecule has 0 aliphatic rings. The summed E-state index contributed by atoms with van der Waals surface area (Å²) in [4.78, 5) is 20.2. The molecule has 29 heavy (non-hydrogen) atoms. The van der Waals surface area contributed by atoms with Gasteiger partial charge in [0.1, 0.15) is 17.8 Å². The molecule has 3 rings (SSSR count). The summed E-state index contributed by atoms with van der Waals surface area (Å²) in [5, 5.41) is 3.88. The summed E-state index contributed by atoms with van der Waals surface area (Å²) in [6.07, 6.45) is 1.31. The second-order valence-electron chi connectivity index (χ2n) is 5.63. The van der Waals surface area contributed by atoms with Crippen LogP contribution in [0.2, 0.25) is 10.0 Å². The number of nitrogens with two attached hydrogens (primary N) is 1. The van der Waals surface area contributed by atoms with Crippen LogP contribution < -0.4 is 26.6 Å². The lowest BCUT2D eigenvalue weighted by molar-refractivity contribution is -0.122. The van der Waals surface area contributed by atoms with E-state index in [1.807, 2.05) is 24.3 Å². The Bertz CT molecular complexity index is 1040. The molecule has 3 aromatic rings. The number of aromatic nitrogens is 2. The first kappa shape index (κ1) is 21.0. The lowest BCUT2D eigenvalue weighted by atomic mass is 10.3. The third-order valence-electron chi connectivity index (χ3n) is 3.58. The molecule has 0 saturated carbocycles. The van der Waals surface area contributed by atoms with Crippen LogP contribution in [0.1, 0.15) is 0 Å². The molecule has 0 unspecified atom stereocenters. The Hall–Kier alpha value is -2.75. The smallest absolute Gasteiger partial charge is 0.276 e. The Morgan fingerprint density at radius 3 is 2.66 bits per heavy atom. The molecule has 1 amide bonds. The van der Waals surface area contributed by atoms with Gasteiger partial charge in [-0.2, -0.15) is 0 Å². The maximum absolute atomic E-state index is 12.0. The van der Waals surface area contributed by atoms with Crippen molar-refractivity contribution in [3.63, 3.8) is 0 Å². The molecule has 0 aliphatic carbocycles. The number of carbonyl (C=O) groups excluding carboxylic acids is 1. The number of hydrogen-bond donors (Lipinski definition) is 4. The number of hydrazine groups is 1. The van der Waals surface area contributed by atoms with Crippen molar-refractivity contribution >= 4 is 68.0 Å². The molecular formula is C18H15BrCl2N6O2. The maximum atomic E-state index is 12.0. The summed E-state index contributed by atoms with van der Waals surface area (Å²) < 4.78 is 6.21. The highest BCUT2D eigenvalue weighted by atomic mass is 79.9. The Kier molecular flexibility index (Phi) is 6.97. The Labute approximate surface area is 184 Å². The van der Waals surface area contributed by atoms with Gasteiger partial charge in [-0.05, 0) is 46.3 Å². The van der Waals surface area contributed by atoms with Gasteiger partial charge in [0, 0.05) is 9.50 Å². The van der Waals surface area contributed by atoms with Crippen molar-refractivity contribution < 1.29 is 9.53 Å². The molecule has 150 valence electrons. The fourth-order valence-corrected chi connectivity index (χ4v) is 3.03. The number of para-hydroxylation sites is 1. The molecule has 0 atom stereocenters. The Morgan fingerprint density at radius 1 is 1.14 bits per heavy atom. The van der Waals surface area contributed by atoms with Crippen molar-refractivity contribution in [3.05, 3.63) is 63.3 Å². The first-order valence-electron chi connectivity index (χ1n) is 8.19. The topological polar surface area (TPSA) is 114 Å². The predicted molar refractivity (Wildman–Crippen MR) is 118 cm³/mol. The number of amides is 1. The minimum Gasteiger partial charge on any atom is -0.482 e. The number of anilines is 4. The summed E-state index contributed by atoms with van der Waals surface area (Å²) >= 11 is 15.3. The highest BCUT2D eigenvalue weighted by Gasteiger charge is 2.11. The van der Waals surface area contributed by atoms with Crippen molar-refractivity contribution in [3.8, 4) is 5.75 Å². The van der Waals surface area contributed by atoms with E-state index in [1.54, 1.807) is 12.1 Å². The number of benzene rings is 2. The number of hydrogen-bond acceptors (Lipinski definition) is 7. The molecule has 0 spiro atoms. The van der Waals surface area contributed by atoms with Crippen molar-refractivity contribution in [1.29, 1.82) is 0 Å². The SMILES string of the molecule is Nc1c(NNC(=O)COc2ccc(Cl)cc2Cl)ncnc1Nc1ccccc1Br. The van der Waals surface area contributed by atoms with Gasteiger partial charge in [0.05, 0.1) is 10.7 Å². The monoisotopic (exact) mass is 496 g/mol. The number of ether oxygens (including phenoxy) is 1. The molecule has 1 heterocycles. The van der Waals surface area contributed by atoms with Crippen molar-refractivity contribution in [2.75, 3.05) is 23.1 Å². The first-order chi connectivity index (χ1) is 13.9. The number of halogens is 3. The predicted octanol–water partition coefficient (Wildman–Crippen LogP) is 4.39. The normalized spacial score (nSPS) is 10.3. The van der Waals surface area contributed by atoms with Crippen LogP contribution in [0.3, 0.4) is 0 Å². The molecule has 0 saturated heterocycles. The van der Waals surface area contributed by atoms with E-state index in [1.165, 1.54) is 12.4 Å². The van der Waals surface area contributed by atoms with E-state index >= 15 is 0 Å². The number of nitrogens with zero attached hydrogens (tertiary/aromatic N) is 2. The van der Waals surface area contributed by atoms with E-state index in [2.05, 4.69) is 42.1 Å². The van der Waals surface area contributed by atoms with Crippen LogP contribution in [-0.2, 0) is 4.79 Å². The van der Waals surface area contributed by atoms with Gasteiger partial charge >= 0.3 is 0 Å². The van der Waals surface area contributed by atoms with Gasteiger partial charge in [0.15, 0.2) is 18.2 Å². The third kappa shape index (κ3) is 5.63. The lowest BCUT2D eigenvalue weighted by Gasteiger charge is -2.14. The van der Waals surface area contributed by atoms with Gasteiger partial charge in [-0.1, -0.05) is 35.3 Å². The summed E-state index contributed by atoms with van der Waals surface area (Å²) in [7, 11) is 0. The van der Waals surface area contributed by atoms with Crippen molar-refractivity contribution in [1.82, 2.24) is 15.4 Å². The zero-order valence-electron chi connectivity index (χ0n) is 14.7. The van der Waals surface area contributed by atoms with Gasteiger partial charge in [-0.15, -0.1) is 0 Å².